The number of phenolic OH excluding ortho intramolecular Hbond substituents is 1. The largest absolute Gasteiger partial charge is 0.508 e. The van der Waals surface area contributed by atoms with Gasteiger partial charge in [-0.3, -0.25) is 4.99 Å². The van der Waals surface area contributed by atoms with Crippen LogP contribution in [0, 0.1) is 0 Å². The molecule has 17 heavy (non-hydrogen) atoms. The average molecular weight is 265 g/mol. The summed E-state index contributed by atoms with van der Waals surface area (Å²) in [5, 5.41) is 6.52. The summed E-state index contributed by atoms with van der Waals surface area (Å²) in [5.74, 6) is 1.60. The number of aromatic hydroxyl groups is 1. The molecule has 1 atom stereocenters. The molecule has 1 aliphatic rings. The second-order valence-electron chi connectivity index (χ2n) is 3.96. The van der Waals surface area contributed by atoms with Gasteiger partial charge in [-0.2, -0.15) is 0 Å². The van der Waals surface area contributed by atoms with Crippen molar-refractivity contribution in [2.75, 3.05) is 5.75 Å². The summed E-state index contributed by atoms with van der Waals surface area (Å²) in [7, 11) is 0. The van der Waals surface area contributed by atoms with Crippen molar-refractivity contribution >= 4 is 38.4 Å². The lowest BCUT2D eigenvalue weighted by Crippen LogP contribution is -1.99. The third-order valence-electron chi connectivity index (χ3n) is 2.73. The fourth-order valence-corrected chi connectivity index (χ4v) is 3.98. The van der Waals surface area contributed by atoms with Crippen LogP contribution in [0.3, 0.4) is 0 Å². The maximum atomic E-state index is 6.90. The fraction of sp³-hybridized carbons (Fsp3) is 0.333. The zero-order valence-corrected chi connectivity index (χ0v) is 11.0. The highest BCUT2D eigenvalue weighted by Gasteiger charge is 2.20. The number of hydrogen-bond donors (Lipinski definition) is 1. The Bertz CT molecular complexity index is 611. The van der Waals surface area contributed by atoms with E-state index in [-0.39, 0.29) is 0 Å². The van der Waals surface area contributed by atoms with Crippen LogP contribution < -0.4 is 0 Å². The Morgan fingerprint density at radius 2 is 2.53 bits per heavy atom. The van der Waals surface area contributed by atoms with Gasteiger partial charge in [-0.15, -0.1) is 23.1 Å². The number of aromatic nitrogens is 1. The van der Waals surface area contributed by atoms with Crippen LogP contribution in [-0.2, 0) is 0 Å². The van der Waals surface area contributed by atoms with E-state index in [1.165, 1.54) is 0 Å². The second kappa shape index (κ2) is 4.31. The van der Waals surface area contributed by atoms with Crippen molar-refractivity contribution in [1.82, 2.24) is 4.98 Å². The molecule has 0 amide bonds. The minimum Gasteiger partial charge on any atom is -0.508 e. The van der Waals surface area contributed by atoms with Crippen molar-refractivity contribution in [3.63, 3.8) is 0 Å². The number of rotatable bonds is 3. The third kappa shape index (κ3) is 2.05. The van der Waals surface area contributed by atoms with E-state index in [9.17, 15) is 0 Å². The first-order valence-electron chi connectivity index (χ1n) is 5.95. The maximum Gasteiger partial charge on any atom is 0.293 e. The Balaban J connectivity index is 1.98. The van der Waals surface area contributed by atoms with Crippen molar-refractivity contribution in [2.24, 2.45) is 4.99 Å². The number of aliphatic imine (C=N–C) groups is 1. The lowest BCUT2D eigenvalue weighted by atomic mass is 10.3. The SMILES string of the molecule is [2H]Oc1ccc2nc(C3=NC(CC)CS3)sc2c1. The van der Waals surface area contributed by atoms with Crippen LogP contribution in [0.4, 0.5) is 0 Å². The highest BCUT2D eigenvalue weighted by atomic mass is 32.2. The maximum absolute atomic E-state index is 6.90. The Kier molecular flexibility index (Phi) is 2.51. The van der Waals surface area contributed by atoms with Crippen molar-refractivity contribution in [1.29, 1.82) is 1.43 Å². The van der Waals surface area contributed by atoms with Crippen LogP contribution in [0.5, 0.6) is 5.75 Å². The summed E-state index contributed by atoms with van der Waals surface area (Å²) in [5.41, 5.74) is 0.944. The fourth-order valence-electron chi connectivity index (χ4n) is 1.74. The molecule has 1 aromatic carbocycles. The van der Waals surface area contributed by atoms with Crippen LogP contribution in [0.2, 0.25) is 0 Å². The van der Waals surface area contributed by atoms with E-state index in [0.717, 1.165) is 32.4 Å². The molecule has 0 fully saturated rings. The Morgan fingerprint density at radius 3 is 3.29 bits per heavy atom. The van der Waals surface area contributed by atoms with Crippen molar-refractivity contribution in [3.05, 3.63) is 23.2 Å². The summed E-state index contributed by atoms with van der Waals surface area (Å²) in [4.78, 5) is 9.26. The number of thiazole rings is 1. The van der Waals surface area contributed by atoms with Crippen LogP contribution in [0.25, 0.3) is 10.2 Å². The molecule has 0 aliphatic carbocycles. The number of fused-ring (bicyclic) bond motifs is 1. The number of thioether (sulfide) groups is 1. The predicted octanol–water partition coefficient (Wildman–Crippen LogP) is 3.27. The number of phenols is 1. The molecule has 3 rings (SSSR count). The molecule has 1 aliphatic heterocycles. The number of benzene rings is 1. The topological polar surface area (TPSA) is 45.5 Å². The van der Waals surface area contributed by atoms with Gasteiger partial charge in [0, 0.05) is 5.75 Å². The summed E-state index contributed by atoms with van der Waals surface area (Å²) in [6.45, 7) is 2.16. The van der Waals surface area contributed by atoms with Gasteiger partial charge in [0.1, 0.15) is 15.8 Å². The molecule has 3 nitrogen and oxygen atoms in total. The van der Waals surface area contributed by atoms with Gasteiger partial charge in [0.25, 0.3) is 1.43 Å². The van der Waals surface area contributed by atoms with E-state index in [0.29, 0.717) is 11.8 Å². The van der Waals surface area contributed by atoms with E-state index in [1.807, 2.05) is 12.1 Å². The molecule has 1 N–H and O–H groups in total. The quantitative estimate of drug-likeness (QED) is 0.926. The minimum atomic E-state index is 0.434. The lowest BCUT2D eigenvalue weighted by Gasteiger charge is -1.95. The van der Waals surface area contributed by atoms with Crippen molar-refractivity contribution < 1.29 is 5.11 Å². The van der Waals surface area contributed by atoms with Crippen molar-refractivity contribution in [2.45, 2.75) is 19.4 Å². The molecule has 2 heterocycles. The van der Waals surface area contributed by atoms with Crippen LogP contribution in [0.15, 0.2) is 23.2 Å². The molecule has 2 aromatic rings. The zero-order valence-electron chi connectivity index (χ0n) is 10.3. The standard InChI is InChI=1S/C12H12N2OS2/c1-2-7-6-16-11(13-7)12-14-9-4-3-8(15)5-10(9)17-12/h3-5,7,15H,2,6H2,1H3/i/hD. The van der Waals surface area contributed by atoms with E-state index in [1.54, 1.807) is 29.2 Å². The average Bonchev–Trinajstić information content (AvgIpc) is 3.03. The molecule has 0 radical (unpaired) electrons. The summed E-state index contributed by atoms with van der Waals surface area (Å²) >= 11 is 3.39. The van der Waals surface area contributed by atoms with Gasteiger partial charge in [-0.25, -0.2) is 4.98 Å². The van der Waals surface area contributed by atoms with Gasteiger partial charge < -0.3 is 5.11 Å². The van der Waals surface area contributed by atoms with Crippen LogP contribution in [-0.4, -0.2) is 28.4 Å². The zero-order chi connectivity index (χ0) is 12.5. The highest BCUT2D eigenvalue weighted by Crippen LogP contribution is 2.31. The van der Waals surface area contributed by atoms with Gasteiger partial charge in [-0.1, -0.05) is 6.92 Å². The van der Waals surface area contributed by atoms with E-state index >= 15 is 0 Å². The second-order valence-corrected chi connectivity index (χ2v) is 6.00. The normalized spacial score (nSPS) is 20.4. The van der Waals surface area contributed by atoms with E-state index < -0.39 is 0 Å². The molecule has 1 unspecified atom stereocenters. The van der Waals surface area contributed by atoms with Crippen LogP contribution >= 0.6 is 23.1 Å². The monoisotopic (exact) mass is 265 g/mol. The summed E-state index contributed by atoms with van der Waals surface area (Å²) in [6.07, 6.45) is 1.08. The van der Waals surface area contributed by atoms with E-state index in [4.69, 9.17) is 1.43 Å². The molecule has 0 bridgehead atoms. The first-order chi connectivity index (χ1) is 8.80. The van der Waals surface area contributed by atoms with Gasteiger partial charge in [0.15, 0.2) is 0 Å². The summed E-state index contributed by atoms with van der Waals surface area (Å²) in [6, 6.07) is 5.93. The van der Waals surface area contributed by atoms with Gasteiger partial charge in [-0.05, 0) is 24.6 Å². The van der Waals surface area contributed by atoms with Crippen molar-refractivity contribution in [3.8, 4) is 5.75 Å². The molecule has 0 spiro atoms. The van der Waals surface area contributed by atoms with E-state index in [2.05, 4.69) is 22.0 Å². The molecule has 0 saturated heterocycles. The van der Waals surface area contributed by atoms with Crippen LogP contribution in [0.1, 0.15) is 18.4 Å². The first-order valence-corrected chi connectivity index (χ1v) is 7.35. The predicted molar refractivity (Wildman–Crippen MR) is 74.4 cm³/mol. The number of nitrogens with zero attached hydrogens (tertiary/aromatic N) is 2. The Labute approximate surface area is 109 Å². The molecule has 0 saturated carbocycles. The van der Waals surface area contributed by atoms with Gasteiger partial charge >= 0.3 is 0 Å². The Morgan fingerprint density at radius 1 is 1.59 bits per heavy atom. The molecular formula is C12H12N2OS2. The third-order valence-corrected chi connectivity index (χ3v) is 5.00. The molecular weight excluding hydrogens is 252 g/mol. The minimum absolute atomic E-state index is 0.434. The molecule has 88 valence electrons. The summed E-state index contributed by atoms with van der Waals surface area (Å²) < 4.78 is 7.94. The lowest BCUT2D eigenvalue weighted by molar-refractivity contribution is 0.476. The Hall–Kier alpha value is -1.07. The first kappa shape index (κ1) is 9.91. The molecule has 1 aromatic heterocycles. The highest BCUT2D eigenvalue weighted by molar-refractivity contribution is 8.15. The van der Waals surface area contributed by atoms with Gasteiger partial charge in [0.05, 0.1) is 16.3 Å². The number of hydrogen-bond acceptors (Lipinski definition) is 5. The van der Waals surface area contributed by atoms with Gasteiger partial charge in [0.2, 0.25) is 0 Å². The molecule has 5 heteroatoms. The smallest absolute Gasteiger partial charge is 0.293 e.